The highest BCUT2D eigenvalue weighted by Crippen LogP contribution is 2.24. The zero-order chi connectivity index (χ0) is 17.1. The van der Waals surface area contributed by atoms with Crippen LogP contribution in [0.1, 0.15) is 42.8 Å². The Kier molecular flexibility index (Phi) is 4.74. The smallest absolute Gasteiger partial charge is 0.316 e. The van der Waals surface area contributed by atoms with E-state index in [4.69, 9.17) is 4.52 Å². The van der Waals surface area contributed by atoms with E-state index in [1.165, 1.54) is 32.1 Å². The van der Waals surface area contributed by atoms with Crippen LogP contribution < -0.4 is 0 Å². The van der Waals surface area contributed by atoms with Crippen molar-refractivity contribution in [3.63, 3.8) is 0 Å². The molecule has 132 valence electrons. The molecule has 1 saturated carbocycles. The summed E-state index contributed by atoms with van der Waals surface area (Å²) in [6, 6.07) is 4.29. The molecule has 0 aromatic carbocycles. The molecule has 2 fully saturated rings. The molecule has 3 heterocycles. The molecule has 0 atom stereocenters. The van der Waals surface area contributed by atoms with Crippen molar-refractivity contribution in [2.45, 2.75) is 38.1 Å². The number of rotatable bonds is 3. The van der Waals surface area contributed by atoms with Gasteiger partial charge in [0.1, 0.15) is 0 Å². The van der Waals surface area contributed by atoms with E-state index in [9.17, 15) is 4.79 Å². The minimum atomic E-state index is -0.170. The van der Waals surface area contributed by atoms with Gasteiger partial charge in [0, 0.05) is 50.2 Å². The molecular formula is C18H23N5O2. The van der Waals surface area contributed by atoms with Gasteiger partial charge in [0.15, 0.2) is 0 Å². The number of piperazine rings is 1. The van der Waals surface area contributed by atoms with Crippen LogP contribution in [0.3, 0.4) is 0 Å². The van der Waals surface area contributed by atoms with E-state index in [1.807, 2.05) is 4.90 Å². The molecule has 0 radical (unpaired) electrons. The molecule has 1 aliphatic heterocycles. The highest BCUT2D eigenvalue weighted by Gasteiger charge is 2.29. The van der Waals surface area contributed by atoms with Crippen molar-refractivity contribution in [2.75, 3.05) is 26.2 Å². The lowest BCUT2D eigenvalue weighted by molar-refractivity contribution is 0.0483. The Morgan fingerprint density at radius 1 is 1.04 bits per heavy atom. The third-order valence-corrected chi connectivity index (χ3v) is 5.24. The van der Waals surface area contributed by atoms with Crippen LogP contribution >= 0.6 is 0 Å². The average molecular weight is 341 g/mol. The SMILES string of the molecule is O=C(c1nc(-c2ccncc2)no1)N1CCN(C2CCCCC2)CC1. The van der Waals surface area contributed by atoms with Gasteiger partial charge in [0.2, 0.25) is 5.82 Å². The fourth-order valence-electron chi connectivity index (χ4n) is 3.80. The lowest BCUT2D eigenvalue weighted by Gasteiger charge is -2.40. The fraction of sp³-hybridized carbons (Fsp3) is 0.556. The van der Waals surface area contributed by atoms with Gasteiger partial charge in [0.05, 0.1) is 0 Å². The number of hydrogen-bond acceptors (Lipinski definition) is 6. The van der Waals surface area contributed by atoms with Crippen molar-refractivity contribution < 1.29 is 9.32 Å². The van der Waals surface area contributed by atoms with Crippen LogP contribution in [0, 0.1) is 0 Å². The number of pyridine rings is 1. The molecule has 1 saturated heterocycles. The monoisotopic (exact) mass is 341 g/mol. The van der Waals surface area contributed by atoms with E-state index in [2.05, 4.69) is 20.0 Å². The predicted octanol–water partition coefficient (Wildman–Crippen LogP) is 2.22. The summed E-state index contributed by atoms with van der Waals surface area (Å²) in [5.74, 6) is 0.320. The molecule has 0 bridgehead atoms. The summed E-state index contributed by atoms with van der Waals surface area (Å²) in [6.07, 6.45) is 9.97. The van der Waals surface area contributed by atoms with Gasteiger partial charge in [-0.05, 0) is 25.0 Å². The molecule has 0 N–H and O–H groups in total. The maximum absolute atomic E-state index is 12.6. The Hall–Kier alpha value is -2.28. The van der Waals surface area contributed by atoms with Gasteiger partial charge in [-0.25, -0.2) is 0 Å². The summed E-state index contributed by atoms with van der Waals surface area (Å²) in [6.45, 7) is 3.31. The van der Waals surface area contributed by atoms with Crippen LogP contribution in [0.4, 0.5) is 0 Å². The summed E-state index contributed by atoms with van der Waals surface area (Å²) in [5, 5.41) is 3.92. The minimum absolute atomic E-state index is 0.0675. The Morgan fingerprint density at radius 3 is 2.48 bits per heavy atom. The summed E-state index contributed by atoms with van der Waals surface area (Å²) >= 11 is 0. The van der Waals surface area contributed by atoms with Crippen molar-refractivity contribution in [2.24, 2.45) is 0 Å². The number of amides is 1. The molecule has 2 aromatic rings. The Morgan fingerprint density at radius 2 is 1.76 bits per heavy atom. The molecule has 25 heavy (non-hydrogen) atoms. The first-order valence-corrected chi connectivity index (χ1v) is 9.09. The summed E-state index contributed by atoms with van der Waals surface area (Å²) in [4.78, 5) is 25.2. The van der Waals surface area contributed by atoms with Gasteiger partial charge in [-0.2, -0.15) is 4.98 Å². The number of hydrogen-bond donors (Lipinski definition) is 0. The van der Waals surface area contributed by atoms with Crippen molar-refractivity contribution in [1.29, 1.82) is 0 Å². The normalized spacial score (nSPS) is 19.9. The molecule has 0 spiro atoms. The first-order valence-electron chi connectivity index (χ1n) is 9.09. The van der Waals surface area contributed by atoms with Crippen molar-refractivity contribution in [3.05, 3.63) is 30.4 Å². The van der Waals surface area contributed by atoms with Gasteiger partial charge < -0.3 is 9.42 Å². The largest absolute Gasteiger partial charge is 0.332 e. The van der Waals surface area contributed by atoms with Crippen molar-refractivity contribution >= 4 is 5.91 Å². The number of aromatic nitrogens is 3. The van der Waals surface area contributed by atoms with Crippen molar-refractivity contribution in [1.82, 2.24) is 24.9 Å². The van der Waals surface area contributed by atoms with E-state index >= 15 is 0 Å². The third kappa shape index (κ3) is 3.56. The first kappa shape index (κ1) is 16.2. The molecule has 7 nitrogen and oxygen atoms in total. The maximum atomic E-state index is 12.6. The molecule has 1 aliphatic carbocycles. The Bertz CT molecular complexity index is 703. The molecular weight excluding hydrogens is 318 g/mol. The fourth-order valence-corrected chi connectivity index (χ4v) is 3.80. The van der Waals surface area contributed by atoms with E-state index in [-0.39, 0.29) is 11.8 Å². The highest BCUT2D eigenvalue weighted by atomic mass is 16.5. The van der Waals surface area contributed by atoms with Crippen LogP contribution in [0.15, 0.2) is 29.0 Å². The average Bonchev–Trinajstić information content (AvgIpc) is 3.19. The quantitative estimate of drug-likeness (QED) is 0.852. The molecule has 0 unspecified atom stereocenters. The minimum Gasteiger partial charge on any atom is -0.332 e. The van der Waals surface area contributed by atoms with Gasteiger partial charge in [-0.1, -0.05) is 24.4 Å². The lowest BCUT2D eigenvalue weighted by Crippen LogP contribution is -2.52. The van der Waals surface area contributed by atoms with Crippen LogP contribution in [0.2, 0.25) is 0 Å². The number of carbonyl (C=O) groups is 1. The summed E-state index contributed by atoms with van der Waals surface area (Å²) in [5.41, 5.74) is 0.792. The molecule has 4 rings (SSSR count). The van der Waals surface area contributed by atoms with Crippen LogP contribution in [0.5, 0.6) is 0 Å². The summed E-state index contributed by atoms with van der Waals surface area (Å²) in [7, 11) is 0. The second-order valence-corrected chi connectivity index (χ2v) is 6.78. The van der Waals surface area contributed by atoms with Gasteiger partial charge in [-0.3, -0.25) is 14.7 Å². The standard InChI is InChI=1S/C18H23N5O2/c24-18(17-20-16(21-25-17)14-6-8-19-9-7-14)23-12-10-22(11-13-23)15-4-2-1-3-5-15/h6-9,15H,1-5,10-13H2. The van der Waals surface area contributed by atoms with Gasteiger partial charge in [-0.15, -0.1) is 0 Å². The van der Waals surface area contributed by atoms with Gasteiger partial charge in [0.25, 0.3) is 0 Å². The maximum Gasteiger partial charge on any atom is 0.316 e. The van der Waals surface area contributed by atoms with E-state index in [0.29, 0.717) is 11.9 Å². The third-order valence-electron chi connectivity index (χ3n) is 5.24. The first-order chi connectivity index (χ1) is 12.3. The second-order valence-electron chi connectivity index (χ2n) is 6.78. The number of carbonyl (C=O) groups excluding carboxylic acids is 1. The van der Waals surface area contributed by atoms with Crippen molar-refractivity contribution in [3.8, 4) is 11.4 Å². The molecule has 2 aromatic heterocycles. The summed E-state index contributed by atoms with van der Waals surface area (Å²) < 4.78 is 5.19. The van der Waals surface area contributed by atoms with Crippen LogP contribution in [0.25, 0.3) is 11.4 Å². The second kappa shape index (κ2) is 7.31. The van der Waals surface area contributed by atoms with Gasteiger partial charge >= 0.3 is 11.8 Å². The van der Waals surface area contributed by atoms with E-state index < -0.39 is 0 Å². The molecule has 1 amide bonds. The lowest BCUT2D eigenvalue weighted by atomic mass is 9.94. The topological polar surface area (TPSA) is 75.4 Å². The Labute approximate surface area is 147 Å². The molecule has 2 aliphatic rings. The zero-order valence-electron chi connectivity index (χ0n) is 14.3. The number of nitrogens with zero attached hydrogens (tertiary/aromatic N) is 5. The predicted molar refractivity (Wildman–Crippen MR) is 91.9 cm³/mol. The molecule has 7 heteroatoms. The highest BCUT2D eigenvalue weighted by molar-refractivity contribution is 5.90. The van der Waals surface area contributed by atoms with E-state index in [1.54, 1.807) is 24.5 Å². The van der Waals surface area contributed by atoms with Crippen LogP contribution in [-0.4, -0.2) is 63.1 Å². The van der Waals surface area contributed by atoms with E-state index in [0.717, 1.165) is 31.7 Å². The zero-order valence-corrected chi connectivity index (χ0v) is 14.3. The van der Waals surface area contributed by atoms with Crippen LogP contribution in [-0.2, 0) is 0 Å². The Balaban J connectivity index is 1.37.